The van der Waals surface area contributed by atoms with Crippen LogP contribution < -0.4 is 5.50 Å². The number of hydrogen-bond donors (Lipinski definition) is 3. The molecule has 0 aromatic carbocycles. The zero-order chi connectivity index (χ0) is 6.41. The number of aliphatic hydroxyl groups is 1. The highest BCUT2D eigenvalue weighted by Gasteiger charge is 1.93. The summed E-state index contributed by atoms with van der Waals surface area (Å²) in [5, 5.41) is 8.18. The van der Waals surface area contributed by atoms with E-state index in [4.69, 9.17) is 15.5 Å². The monoisotopic (exact) mass is 139 g/mol. The van der Waals surface area contributed by atoms with Crippen molar-refractivity contribution < 1.29 is 14.5 Å². The van der Waals surface area contributed by atoms with E-state index < -0.39 is 8.53 Å². The molecule has 4 N–H and O–H groups in total. The van der Waals surface area contributed by atoms with E-state index in [0.29, 0.717) is 13.0 Å². The molecule has 0 aromatic heterocycles. The topological polar surface area (TPSA) is 75.7 Å². The quantitative estimate of drug-likeness (QED) is 0.364. The van der Waals surface area contributed by atoms with Crippen LogP contribution in [0.1, 0.15) is 6.42 Å². The van der Waals surface area contributed by atoms with Crippen LogP contribution in [0.4, 0.5) is 0 Å². The fourth-order valence-electron chi connectivity index (χ4n) is 0.223. The van der Waals surface area contributed by atoms with E-state index in [1.807, 2.05) is 0 Å². The van der Waals surface area contributed by atoms with Crippen molar-refractivity contribution in [2.24, 2.45) is 5.50 Å². The maximum absolute atomic E-state index is 8.32. The molecule has 0 saturated carbocycles. The lowest BCUT2D eigenvalue weighted by Crippen LogP contribution is -1.96. The van der Waals surface area contributed by atoms with Gasteiger partial charge in [-0.15, -0.1) is 0 Å². The van der Waals surface area contributed by atoms with E-state index >= 15 is 0 Å². The molecule has 0 aliphatic carbocycles. The van der Waals surface area contributed by atoms with Crippen molar-refractivity contribution in [1.82, 2.24) is 0 Å². The smallest absolute Gasteiger partial charge is 0.250 e. The molecule has 5 heteroatoms. The van der Waals surface area contributed by atoms with E-state index in [2.05, 4.69) is 4.52 Å². The Balaban J connectivity index is 2.72. The Labute approximate surface area is 49.2 Å². The van der Waals surface area contributed by atoms with Gasteiger partial charge in [-0.3, -0.25) is 5.50 Å². The molecule has 0 aliphatic heterocycles. The Kier molecular flexibility index (Phi) is 5.59. The molecular weight excluding hydrogens is 129 g/mol. The van der Waals surface area contributed by atoms with Crippen LogP contribution in [0.25, 0.3) is 0 Å². The first-order valence-corrected chi connectivity index (χ1v) is 3.53. The molecule has 0 fully saturated rings. The standard InChI is InChI=1S/C3H10NO3P/c4-8(6)7-3-1-2-5/h5-6H,1-4H2. The number of rotatable bonds is 4. The Bertz CT molecular complexity index is 51.8. The van der Waals surface area contributed by atoms with E-state index in [1.165, 1.54) is 0 Å². The molecule has 0 spiro atoms. The highest BCUT2D eigenvalue weighted by atomic mass is 31.2. The third-order valence-electron chi connectivity index (χ3n) is 0.526. The molecule has 0 aliphatic rings. The van der Waals surface area contributed by atoms with Gasteiger partial charge in [0.15, 0.2) is 0 Å². The van der Waals surface area contributed by atoms with E-state index in [-0.39, 0.29) is 6.61 Å². The highest BCUT2D eigenvalue weighted by Crippen LogP contribution is 2.18. The van der Waals surface area contributed by atoms with Crippen molar-refractivity contribution in [3.05, 3.63) is 0 Å². The van der Waals surface area contributed by atoms with Gasteiger partial charge in [-0.2, -0.15) is 0 Å². The minimum atomic E-state index is -1.72. The molecule has 1 atom stereocenters. The summed E-state index contributed by atoms with van der Waals surface area (Å²) in [5.74, 6) is 0. The van der Waals surface area contributed by atoms with Gasteiger partial charge in [-0.25, -0.2) is 0 Å². The summed E-state index contributed by atoms with van der Waals surface area (Å²) in [6, 6.07) is 0. The van der Waals surface area contributed by atoms with Crippen LogP contribution in [-0.4, -0.2) is 23.2 Å². The Morgan fingerprint density at radius 3 is 2.62 bits per heavy atom. The van der Waals surface area contributed by atoms with E-state index in [9.17, 15) is 0 Å². The Hall–Kier alpha value is 0.270. The summed E-state index contributed by atoms with van der Waals surface area (Å²) >= 11 is 0. The molecule has 0 amide bonds. The molecular formula is C3H10NO3P. The molecule has 0 aromatic rings. The molecule has 0 bridgehead atoms. The summed E-state index contributed by atoms with van der Waals surface area (Å²) in [5.41, 5.74) is 4.85. The molecule has 0 heterocycles. The molecule has 0 radical (unpaired) electrons. The van der Waals surface area contributed by atoms with Crippen LogP contribution in [0.2, 0.25) is 0 Å². The van der Waals surface area contributed by atoms with Gasteiger partial charge in [0, 0.05) is 6.61 Å². The second kappa shape index (κ2) is 5.41. The second-order valence-electron chi connectivity index (χ2n) is 1.21. The minimum absolute atomic E-state index is 0.0726. The maximum atomic E-state index is 8.32. The molecule has 8 heavy (non-hydrogen) atoms. The summed E-state index contributed by atoms with van der Waals surface area (Å²) in [7, 11) is -1.72. The molecule has 4 nitrogen and oxygen atoms in total. The first kappa shape index (κ1) is 8.27. The van der Waals surface area contributed by atoms with Crippen molar-refractivity contribution in [2.45, 2.75) is 6.42 Å². The third-order valence-corrected chi connectivity index (χ3v) is 0.973. The van der Waals surface area contributed by atoms with Crippen LogP contribution >= 0.6 is 8.53 Å². The fraction of sp³-hybridized carbons (Fsp3) is 1.00. The zero-order valence-corrected chi connectivity index (χ0v) is 5.34. The van der Waals surface area contributed by atoms with Crippen LogP contribution in [0.3, 0.4) is 0 Å². The summed E-state index contributed by atoms with van der Waals surface area (Å²) in [4.78, 5) is 8.32. The molecule has 1 unspecified atom stereocenters. The van der Waals surface area contributed by atoms with Crippen molar-refractivity contribution >= 4 is 8.53 Å². The molecule has 0 saturated heterocycles. The molecule has 50 valence electrons. The molecule has 0 rings (SSSR count). The van der Waals surface area contributed by atoms with Gasteiger partial charge in [-0.1, -0.05) is 0 Å². The van der Waals surface area contributed by atoms with Crippen molar-refractivity contribution in [3.63, 3.8) is 0 Å². The lowest BCUT2D eigenvalue weighted by Gasteiger charge is -2.01. The highest BCUT2D eigenvalue weighted by molar-refractivity contribution is 7.43. The first-order valence-electron chi connectivity index (χ1n) is 2.25. The minimum Gasteiger partial charge on any atom is -0.396 e. The predicted octanol–water partition coefficient (Wildman–Crippen LogP) is -0.437. The van der Waals surface area contributed by atoms with Gasteiger partial charge in [0.2, 0.25) is 8.53 Å². The average molecular weight is 139 g/mol. The lowest BCUT2D eigenvalue weighted by molar-refractivity contribution is 0.233. The predicted molar refractivity (Wildman–Crippen MR) is 31.0 cm³/mol. The van der Waals surface area contributed by atoms with Gasteiger partial charge < -0.3 is 14.5 Å². The largest absolute Gasteiger partial charge is 0.396 e. The SMILES string of the molecule is NP(O)OCCCO. The Morgan fingerprint density at radius 2 is 2.25 bits per heavy atom. The fourth-order valence-corrected chi connectivity index (χ4v) is 0.539. The van der Waals surface area contributed by atoms with Gasteiger partial charge in [0.25, 0.3) is 0 Å². The second-order valence-corrected chi connectivity index (χ2v) is 2.08. The first-order chi connectivity index (χ1) is 3.77. The van der Waals surface area contributed by atoms with Crippen molar-refractivity contribution in [1.29, 1.82) is 0 Å². The zero-order valence-electron chi connectivity index (χ0n) is 4.45. The number of hydrogen-bond acceptors (Lipinski definition) is 4. The summed E-state index contributed by atoms with van der Waals surface area (Å²) in [6.45, 7) is 0.401. The number of nitrogens with two attached hydrogens (primary N) is 1. The van der Waals surface area contributed by atoms with Crippen molar-refractivity contribution in [3.8, 4) is 0 Å². The van der Waals surface area contributed by atoms with Crippen LogP contribution in [0.15, 0.2) is 0 Å². The normalized spacial score (nSPS) is 13.9. The van der Waals surface area contributed by atoms with Gasteiger partial charge in [0.1, 0.15) is 0 Å². The summed E-state index contributed by atoms with van der Waals surface area (Å²) < 4.78 is 4.52. The van der Waals surface area contributed by atoms with Gasteiger partial charge in [-0.05, 0) is 6.42 Å². The lowest BCUT2D eigenvalue weighted by atomic mass is 10.5. The van der Waals surface area contributed by atoms with Gasteiger partial charge >= 0.3 is 0 Å². The van der Waals surface area contributed by atoms with Gasteiger partial charge in [0.05, 0.1) is 6.61 Å². The third kappa shape index (κ3) is 6.27. The summed E-state index contributed by atoms with van der Waals surface area (Å²) in [6.07, 6.45) is 0.524. The Morgan fingerprint density at radius 1 is 1.62 bits per heavy atom. The number of aliphatic hydroxyl groups excluding tert-OH is 1. The van der Waals surface area contributed by atoms with E-state index in [0.717, 1.165) is 0 Å². The van der Waals surface area contributed by atoms with E-state index in [1.54, 1.807) is 0 Å². The van der Waals surface area contributed by atoms with Crippen LogP contribution in [0, 0.1) is 0 Å². The maximum Gasteiger partial charge on any atom is 0.250 e. The average Bonchev–Trinajstić information content (AvgIpc) is 1.66. The van der Waals surface area contributed by atoms with Crippen LogP contribution in [0.5, 0.6) is 0 Å². The van der Waals surface area contributed by atoms with Crippen molar-refractivity contribution in [2.75, 3.05) is 13.2 Å². The van der Waals surface area contributed by atoms with Crippen LogP contribution in [-0.2, 0) is 4.52 Å².